The van der Waals surface area contributed by atoms with Crippen LogP contribution in [0.4, 0.5) is 0 Å². The van der Waals surface area contributed by atoms with Crippen LogP contribution in [0.25, 0.3) is 0 Å². The fraction of sp³-hybridized carbons (Fsp3) is 0.857. The minimum atomic E-state index is -4.09. The van der Waals surface area contributed by atoms with Gasteiger partial charge in [-0.3, -0.25) is 47.5 Å². The van der Waals surface area contributed by atoms with E-state index in [-0.39, 0.29) is 91.5 Å². The van der Waals surface area contributed by atoms with Crippen LogP contribution < -0.4 is 43.4 Å². The van der Waals surface area contributed by atoms with Crippen LogP contribution in [-0.2, 0) is 67.7 Å². The number of hydrogen-bond donors (Lipinski definition) is 12. The lowest BCUT2D eigenvalue weighted by molar-refractivity contribution is -0.890. The maximum absolute atomic E-state index is 11.9. The Balaban J connectivity index is -0.000000200. The third-order valence-corrected chi connectivity index (χ3v) is 25.5. The number of hydrogen-bond acceptors (Lipinski definition) is 18. The molecule has 0 bridgehead atoms. The molecule has 6 amide bonds. The number of Topliss-reactive ketones (excluding diaryl/α,β-unsaturated/α-hetero) is 2. The van der Waals surface area contributed by atoms with Crippen molar-refractivity contribution < 1.29 is 102 Å². The zero-order valence-electron chi connectivity index (χ0n) is 78.9. The van der Waals surface area contributed by atoms with Crippen molar-refractivity contribution in [2.75, 3.05) is 118 Å². The second kappa shape index (κ2) is 68.0. The standard InChI is InChI=1S/2C15H32N2O4S.C15H27NO2.C13H23NO2.C10H22N2O.C8H18N2O.2C4H11O3P/c1-6-15(2,3)14(18)16-10-9-12-17(4,5)11-7-8-13-22(19,20)21;1-5-14(2)15(18)16-10-9-12-17(3,4)11-7-6-8-13-22(19,20)21;1-6-15(4,5)14(18)16-11-9-7-8-10-13(17)12(2)3;1-6-13(4,5)12(16)14-9-7-8-11(15)10(2)3;1-4-10(2,3)9(13)12-8-6-5-7-11;1-4-8(2,3)7(11)10-6-5-9;2*1-3-4(2)8(5,6)7/h6-13H2,1-5H3,(H-,16,18,19,20,21);14H,5-13H2,1-4H3,(H-,16,18,19,20,21);2,6-11H2,1,3-5H3,(H,16,18);2,6-9H2,1,3-5H3,(H,14,16);4-8,11H2,1-3H3,(H,12,13);4-6,9H2,1-3H3,(H,10,11);2*4H,3H2,1-2H3,(H2,5,6,7). The Hall–Kier alpha value is -4.40. The van der Waals surface area contributed by atoms with Gasteiger partial charge in [-0.2, -0.15) is 0 Å². The maximum atomic E-state index is 11.9. The van der Waals surface area contributed by atoms with Crippen molar-refractivity contribution in [3.8, 4) is 0 Å². The molecule has 30 nitrogen and oxygen atoms in total. The Bertz CT molecular complexity index is 3110. The van der Waals surface area contributed by atoms with Gasteiger partial charge in [0, 0.05) is 116 Å². The highest BCUT2D eigenvalue weighted by Crippen LogP contribution is 2.43. The van der Waals surface area contributed by atoms with Crippen molar-refractivity contribution in [3.05, 3.63) is 24.3 Å². The maximum Gasteiger partial charge on any atom is 0.328 e. The second-order valence-corrected chi connectivity index (χ2v) is 42.3. The molecule has 0 aliphatic rings. The predicted octanol–water partition coefficient (Wildman–Crippen LogP) is 12.1. The van der Waals surface area contributed by atoms with Crippen LogP contribution in [0.3, 0.4) is 0 Å². The molecule has 0 radical (unpaired) electrons. The smallest absolute Gasteiger partial charge is 0.328 e. The van der Waals surface area contributed by atoms with Gasteiger partial charge in [0.2, 0.25) is 35.4 Å². The van der Waals surface area contributed by atoms with E-state index >= 15 is 0 Å². The fourth-order valence-electron chi connectivity index (χ4n) is 8.62. The minimum absolute atomic E-state index is 0.0535. The first-order chi connectivity index (χ1) is 53.6. The van der Waals surface area contributed by atoms with Gasteiger partial charge in [-0.15, -0.1) is 0 Å². The molecule has 0 fully saturated rings. The summed E-state index contributed by atoms with van der Waals surface area (Å²) in [5.74, 6) is 0.345. The third kappa shape index (κ3) is 78.8. The van der Waals surface area contributed by atoms with E-state index in [4.69, 9.17) is 31.0 Å². The first kappa shape index (κ1) is 129. The SMILES string of the molecule is C=C(C)C(=O)CCCCCNC(=O)C(C)(C)CC.C=C(C)C(=O)CCCNC(=O)C(C)(C)CC.CCC(C)(C)C(=O)NCCCCN.CCC(C)(C)C(=O)NCCC[N+](C)(C)CCCCS(=O)(=O)[O-].CCC(C)(C)C(=O)NCCN.CCC(C)C(=O)NCCC[N+](C)(C)CCCCCS(=O)(=O)[O-].CCC(C)P(=O)(O)O.CCC(C)P(=O)(O)O. The number of nitrogens with one attached hydrogen (secondary N) is 6. The van der Waals surface area contributed by atoms with Crippen molar-refractivity contribution in [2.45, 2.75) is 318 Å². The lowest BCUT2D eigenvalue weighted by Crippen LogP contribution is -2.43. The summed E-state index contributed by atoms with van der Waals surface area (Å²) in [6, 6.07) is 0. The summed E-state index contributed by atoms with van der Waals surface area (Å²) in [5, 5.41) is 17.4. The van der Waals surface area contributed by atoms with Gasteiger partial charge >= 0.3 is 15.2 Å². The number of carbonyl (C=O) groups is 8. The molecule has 0 saturated heterocycles. The van der Waals surface area contributed by atoms with Crippen molar-refractivity contribution in [2.24, 2.45) is 44.5 Å². The van der Waals surface area contributed by atoms with E-state index in [2.05, 4.69) is 73.2 Å². The van der Waals surface area contributed by atoms with Gasteiger partial charge in [-0.1, -0.05) is 165 Å². The number of unbranched alkanes of at least 4 members (excludes halogenated alkanes) is 6. The molecular formula is C84H176N10O20P2S2. The Morgan fingerprint density at radius 3 is 0.898 bits per heavy atom. The van der Waals surface area contributed by atoms with Crippen LogP contribution in [0.15, 0.2) is 24.3 Å². The van der Waals surface area contributed by atoms with E-state index < -0.39 is 46.7 Å². The number of nitrogens with zero attached hydrogens (tertiary/aromatic N) is 2. The van der Waals surface area contributed by atoms with Crippen molar-refractivity contribution in [3.63, 3.8) is 0 Å². The number of quaternary nitrogens is 2. The molecule has 3 atom stereocenters. The largest absolute Gasteiger partial charge is 0.748 e. The van der Waals surface area contributed by atoms with E-state index in [0.29, 0.717) is 108 Å². The monoisotopic (exact) mass is 1770 g/mol. The summed E-state index contributed by atoms with van der Waals surface area (Å²) < 4.78 is 85.2. The van der Waals surface area contributed by atoms with E-state index in [1.165, 1.54) is 0 Å². The topological polar surface area (TPSA) is 490 Å². The van der Waals surface area contributed by atoms with Crippen molar-refractivity contribution in [1.82, 2.24) is 31.9 Å². The number of nitrogens with two attached hydrogens (primary N) is 2. The summed E-state index contributed by atoms with van der Waals surface area (Å²) in [6.45, 7) is 59.4. The molecule has 0 aliphatic carbocycles. The first-order valence-corrected chi connectivity index (χ1v) is 49.2. The highest BCUT2D eigenvalue weighted by Gasteiger charge is 2.29. The van der Waals surface area contributed by atoms with Gasteiger partial charge in [0.1, 0.15) is 0 Å². The third-order valence-electron chi connectivity index (χ3n) is 20.9. The van der Waals surface area contributed by atoms with E-state index in [9.17, 15) is 73.4 Å². The molecule has 34 heteroatoms. The Morgan fingerprint density at radius 1 is 0.381 bits per heavy atom. The molecule has 0 spiro atoms. The second-order valence-electron chi connectivity index (χ2n) is 35.1. The van der Waals surface area contributed by atoms with E-state index in [0.717, 1.165) is 138 Å². The fourth-order valence-corrected chi connectivity index (χ4v) is 10.7. The molecule has 0 aromatic heterocycles. The normalized spacial score (nSPS) is 12.7. The molecule has 0 heterocycles. The quantitative estimate of drug-likeness (QED) is 0.00884. The molecule has 0 aromatic rings. The molecule has 0 aliphatic heterocycles. The Kier molecular flexibility index (Phi) is 74.4. The zero-order valence-corrected chi connectivity index (χ0v) is 82.3. The van der Waals surface area contributed by atoms with Crippen molar-refractivity contribution in [1.29, 1.82) is 0 Å². The number of ketones is 2. The zero-order chi connectivity index (χ0) is 94.4. The highest BCUT2D eigenvalue weighted by atomic mass is 32.2. The average molecular weight is 1770 g/mol. The Morgan fingerprint density at radius 2 is 0.636 bits per heavy atom. The van der Waals surface area contributed by atoms with Crippen LogP contribution in [-0.4, -0.2) is 231 Å². The lowest BCUT2D eigenvalue weighted by Gasteiger charge is -2.30. The minimum Gasteiger partial charge on any atom is -0.748 e. The molecule has 118 heavy (non-hydrogen) atoms. The molecular weight excluding hydrogens is 1600 g/mol. The highest BCUT2D eigenvalue weighted by molar-refractivity contribution is 7.85. The van der Waals surface area contributed by atoms with Crippen LogP contribution in [0, 0.1) is 33.0 Å². The number of rotatable bonds is 53. The van der Waals surface area contributed by atoms with E-state index in [1.807, 2.05) is 118 Å². The van der Waals surface area contributed by atoms with Gasteiger partial charge in [0.25, 0.3) is 0 Å². The van der Waals surface area contributed by atoms with Gasteiger partial charge in [0.05, 0.1) is 85.9 Å². The van der Waals surface area contributed by atoms with Gasteiger partial charge in [-0.05, 0) is 147 Å². The predicted molar refractivity (Wildman–Crippen MR) is 481 cm³/mol. The van der Waals surface area contributed by atoms with Crippen LogP contribution in [0.1, 0.15) is 307 Å². The summed E-state index contributed by atoms with van der Waals surface area (Å²) in [4.78, 5) is 126. The molecule has 14 N–H and O–H groups in total. The van der Waals surface area contributed by atoms with Crippen LogP contribution in [0.2, 0.25) is 0 Å². The van der Waals surface area contributed by atoms with Crippen LogP contribution >= 0.6 is 15.2 Å². The number of allylic oxidation sites excluding steroid dienone is 2. The van der Waals surface area contributed by atoms with Gasteiger partial charge in [0.15, 0.2) is 11.6 Å². The van der Waals surface area contributed by atoms with Gasteiger partial charge in [-0.25, -0.2) is 16.8 Å². The molecule has 704 valence electrons. The first-order valence-electron chi connectivity index (χ1n) is 42.7. The summed E-state index contributed by atoms with van der Waals surface area (Å²) in [5.41, 5.74) is 9.42. The number of carbonyl (C=O) groups excluding carboxylic acids is 8. The average Bonchev–Trinajstić information content (AvgIpc) is 0.885. The van der Waals surface area contributed by atoms with Crippen LogP contribution in [0.5, 0.6) is 0 Å². The lowest BCUT2D eigenvalue weighted by atomic mass is 9.89. The summed E-state index contributed by atoms with van der Waals surface area (Å²) >= 11 is 0. The van der Waals surface area contributed by atoms with E-state index in [1.54, 1.807) is 41.5 Å². The summed E-state index contributed by atoms with van der Waals surface area (Å²) in [7, 11) is -7.28. The molecule has 0 rings (SSSR count). The molecule has 3 unspecified atom stereocenters. The summed E-state index contributed by atoms with van der Waals surface area (Å²) in [6.07, 6.45) is 17.5. The van der Waals surface area contributed by atoms with Gasteiger partial charge < -0.3 is 81.0 Å². The Labute approximate surface area is 717 Å². The molecule has 0 saturated carbocycles. The van der Waals surface area contributed by atoms with Crippen molar-refractivity contribution >= 4 is 82.4 Å². The number of amides is 6. The molecule has 0 aromatic carbocycles.